The average Bonchev–Trinajstić information content (AvgIpc) is 3.51. The molecule has 2 saturated heterocycles. The zero-order valence-corrected chi connectivity index (χ0v) is 17.9. The number of likely N-dealkylation sites (tertiary alicyclic amines) is 1. The number of ether oxygens (including phenoxy) is 2. The van der Waals surface area contributed by atoms with Crippen LogP contribution in [-0.4, -0.2) is 70.3 Å². The Morgan fingerprint density at radius 2 is 2.00 bits per heavy atom. The lowest BCUT2D eigenvalue weighted by atomic mass is 10.1. The molecule has 3 aliphatic heterocycles. The van der Waals surface area contributed by atoms with Gasteiger partial charge in [0.2, 0.25) is 6.35 Å². The zero-order valence-electron chi connectivity index (χ0n) is 17.9. The van der Waals surface area contributed by atoms with Crippen LogP contribution in [-0.2, 0) is 22.6 Å². The molecule has 2 aromatic rings. The number of nitrogens with zero attached hydrogens (tertiary/aromatic N) is 5. The van der Waals surface area contributed by atoms with Gasteiger partial charge in [0.05, 0.1) is 19.3 Å². The first-order valence-electron chi connectivity index (χ1n) is 11.0. The van der Waals surface area contributed by atoms with E-state index in [2.05, 4.69) is 34.1 Å². The van der Waals surface area contributed by atoms with Gasteiger partial charge in [-0.3, -0.25) is 9.47 Å². The van der Waals surface area contributed by atoms with Crippen LogP contribution in [0.1, 0.15) is 30.4 Å². The third-order valence-corrected chi connectivity index (χ3v) is 6.25. The van der Waals surface area contributed by atoms with Gasteiger partial charge in [-0.2, -0.15) is 4.98 Å². The molecule has 0 saturated carbocycles. The Labute approximate surface area is 181 Å². The van der Waals surface area contributed by atoms with Crippen molar-refractivity contribution in [3.63, 3.8) is 0 Å². The molecule has 3 aliphatic rings. The lowest BCUT2D eigenvalue weighted by molar-refractivity contribution is -0.0707. The van der Waals surface area contributed by atoms with Crippen molar-refractivity contribution in [1.29, 1.82) is 0 Å². The number of rotatable bonds is 6. The predicted molar refractivity (Wildman–Crippen MR) is 114 cm³/mol. The Hall–Kier alpha value is -2.62. The topological polar surface area (TPSA) is 101 Å². The molecule has 0 bridgehead atoms. The first-order chi connectivity index (χ1) is 15.1. The summed E-state index contributed by atoms with van der Waals surface area (Å²) in [5.74, 6) is 0.436. The summed E-state index contributed by atoms with van der Waals surface area (Å²) < 4.78 is 13.2. The van der Waals surface area contributed by atoms with Crippen LogP contribution >= 0.6 is 0 Å². The molecule has 2 atom stereocenters. The molecular formula is C22H30N6O3. The SMILES string of the molecule is CN1C(N)=c2nc(O)n(Cc3cccc(CN4CCCC4)c3)c2=NC1OC1CCOC1. The van der Waals surface area contributed by atoms with Crippen LogP contribution in [0.4, 0.5) is 0 Å². The molecule has 0 amide bonds. The molecule has 0 aliphatic carbocycles. The van der Waals surface area contributed by atoms with Crippen LogP contribution in [0.15, 0.2) is 29.3 Å². The number of hydrogen-bond donors (Lipinski definition) is 2. The molecule has 166 valence electrons. The Morgan fingerprint density at radius 1 is 1.23 bits per heavy atom. The second-order valence-corrected chi connectivity index (χ2v) is 8.55. The standard InChI is InChI=1S/C22H30N6O3/c1-26-19(23)18-20(25-22(26)31-17-7-10-30-14-17)28(21(29)24-18)13-16-6-4-5-15(11-16)12-27-8-2-3-9-27/h4-6,11,17,22H,2-3,7-10,12-14,23H2,1H3,(H,24,29). The van der Waals surface area contributed by atoms with Gasteiger partial charge in [-0.1, -0.05) is 24.3 Å². The minimum absolute atomic E-state index is 0.0159. The summed E-state index contributed by atoms with van der Waals surface area (Å²) in [5, 5.41) is 11.1. The second kappa shape index (κ2) is 8.49. The summed E-state index contributed by atoms with van der Waals surface area (Å²) in [7, 11) is 1.82. The monoisotopic (exact) mass is 426 g/mol. The molecule has 2 unspecified atom stereocenters. The third kappa shape index (κ3) is 4.13. The molecule has 4 heterocycles. The van der Waals surface area contributed by atoms with Gasteiger partial charge in [0.15, 0.2) is 10.8 Å². The minimum Gasteiger partial charge on any atom is -0.480 e. The van der Waals surface area contributed by atoms with Crippen molar-refractivity contribution < 1.29 is 14.6 Å². The number of benzene rings is 1. The lowest BCUT2D eigenvalue weighted by Crippen LogP contribution is -2.50. The van der Waals surface area contributed by atoms with E-state index in [1.807, 2.05) is 7.05 Å². The van der Waals surface area contributed by atoms with Crippen LogP contribution in [0, 0.1) is 0 Å². The second-order valence-electron chi connectivity index (χ2n) is 8.55. The highest BCUT2D eigenvalue weighted by atomic mass is 16.6. The Morgan fingerprint density at radius 3 is 2.74 bits per heavy atom. The van der Waals surface area contributed by atoms with E-state index in [4.69, 9.17) is 20.2 Å². The van der Waals surface area contributed by atoms with Crippen molar-refractivity contribution in [2.75, 3.05) is 33.4 Å². The number of hydrogen-bond acceptors (Lipinski definition) is 8. The van der Waals surface area contributed by atoms with E-state index < -0.39 is 6.35 Å². The van der Waals surface area contributed by atoms with E-state index >= 15 is 0 Å². The molecule has 1 aromatic carbocycles. The van der Waals surface area contributed by atoms with E-state index in [1.165, 1.54) is 18.4 Å². The highest BCUT2D eigenvalue weighted by molar-refractivity contribution is 5.37. The maximum absolute atomic E-state index is 10.6. The van der Waals surface area contributed by atoms with Crippen molar-refractivity contribution >= 4 is 5.82 Å². The van der Waals surface area contributed by atoms with Gasteiger partial charge in [-0.25, -0.2) is 4.99 Å². The molecular weight excluding hydrogens is 396 g/mol. The quantitative estimate of drug-likeness (QED) is 0.666. The fourth-order valence-corrected chi connectivity index (χ4v) is 4.48. The van der Waals surface area contributed by atoms with Gasteiger partial charge in [-0.15, -0.1) is 0 Å². The number of fused-ring (bicyclic) bond motifs is 1. The Balaban J connectivity index is 1.43. The summed E-state index contributed by atoms with van der Waals surface area (Å²) >= 11 is 0. The molecule has 9 nitrogen and oxygen atoms in total. The summed E-state index contributed by atoms with van der Waals surface area (Å²) in [6.07, 6.45) is 2.80. The van der Waals surface area contributed by atoms with Gasteiger partial charge < -0.3 is 25.2 Å². The van der Waals surface area contributed by atoms with E-state index in [0.29, 0.717) is 36.4 Å². The highest BCUT2D eigenvalue weighted by Gasteiger charge is 2.28. The highest BCUT2D eigenvalue weighted by Crippen LogP contribution is 2.18. The van der Waals surface area contributed by atoms with E-state index in [1.54, 1.807) is 9.47 Å². The molecule has 9 heteroatoms. The predicted octanol–water partition coefficient (Wildman–Crippen LogP) is -0.0887. The van der Waals surface area contributed by atoms with Crippen LogP contribution < -0.4 is 16.6 Å². The van der Waals surface area contributed by atoms with Crippen molar-refractivity contribution in [3.05, 3.63) is 46.2 Å². The number of aromatic hydroxyl groups is 1. The van der Waals surface area contributed by atoms with Gasteiger partial charge in [0, 0.05) is 20.2 Å². The Kier molecular flexibility index (Phi) is 5.56. The van der Waals surface area contributed by atoms with Crippen LogP contribution in [0.3, 0.4) is 0 Å². The van der Waals surface area contributed by atoms with Crippen molar-refractivity contribution in [1.82, 2.24) is 19.4 Å². The number of nitrogens with two attached hydrogens (primary N) is 1. The fourth-order valence-electron chi connectivity index (χ4n) is 4.48. The Bertz CT molecular complexity index is 1060. The van der Waals surface area contributed by atoms with Crippen LogP contribution in [0.2, 0.25) is 0 Å². The van der Waals surface area contributed by atoms with Crippen molar-refractivity contribution in [2.24, 2.45) is 10.7 Å². The molecule has 31 heavy (non-hydrogen) atoms. The first-order valence-corrected chi connectivity index (χ1v) is 11.0. The third-order valence-electron chi connectivity index (χ3n) is 6.25. The van der Waals surface area contributed by atoms with Crippen molar-refractivity contribution in [2.45, 2.75) is 44.8 Å². The number of imidazole rings is 1. The van der Waals surface area contributed by atoms with E-state index in [-0.39, 0.29) is 12.1 Å². The van der Waals surface area contributed by atoms with Gasteiger partial charge in [0.1, 0.15) is 5.82 Å². The maximum Gasteiger partial charge on any atom is 0.296 e. The van der Waals surface area contributed by atoms with E-state index in [0.717, 1.165) is 31.6 Å². The molecule has 1 aromatic heterocycles. The minimum atomic E-state index is -0.574. The fraction of sp³-hybridized carbons (Fsp3) is 0.545. The molecule has 5 rings (SSSR count). The van der Waals surface area contributed by atoms with Crippen LogP contribution in [0.25, 0.3) is 5.82 Å². The lowest BCUT2D eigenvalue weighted by Gasteiger charge is -2.30. The largest absolute Gasteiger partial charge is 0.480 e. The molecule has 0 spiro atoms. The summed E-state index contributed by atoms with van der Waals surface area (Å²) in [6, 6.07) is 8.38. The summed E-state index contributed by atoms with van der Waals surface area (Å²) in [4.78, 5) is 13.2. The maximum atomic E-state index is 10.6. The van der Waals surface area contributed by atoms with Gasteiger partial charge in [-0.05, 0) is 43.5 Å². The van der Waals surface area contributed by atoms with Gasteiger partial charge in [0.25, 0.3) is 6.01 Å². The molecule has 0 radical (unpaired) electrons. The molecule has 3 N–H and O–H groups in total. The normalized spacial score (nSPS) is 23.9. The van der Waals surface area contributed by atoms with Crippen LogP contribution in [0.5, 0.6) is 6.01 Å². The zero-order chi connectivity index (χ0) is 21.4. The summed E-state index contributed by atoms with van der Waals surface area (Å²) in [5.41, 5.74) is 9.23. The first kappa shape index (κ1) is 20.3. The summed E-state index contributed by atoms with van der Waals surface area (Å²) in [6.45, 7) is 4.99. The molecule has 2 fully saturated rings. The van der Waals surface area contributed by atoms with Gasteiger partial charge >= 0.3 is 0 Å². The van der Waals surface area contributed by atoms with E-state index in [9.17, 15) is 5.11 Å². The smallest absolute Gasteiger partial charge is 0.296 e. The average molecular weight is 427 g/mol. The number of aromatic nitrogens is 2. The van der Waals surface area contributed by atoms with Crippen molar-refractivity contribution in [3.8, 4) is 6.01 Å².